The smallest absolute Gasteiger partial charge is 0.251 e. The molecule has 1 aromatic carbocycles. The summed E-state index contributed by atoms with van der Waals surface area (Å²) >= 11 is 0. The molecule has 0 heterocycles. The summed E-state index contributed by atoms with van der Waals surface area (Å²) in [6, 6.07) is 7.66. The molecule has 3 N–H and O–H groups in total. The molecule has 102 valence electrons. The fourth-order valence-corrected chi connectivity index (χ4v) is 1.38. The highest BCUT2D eigenvalue weighted by Gasteiger charge is 2.04. The topological polar surface area (TPSA) is 58.4 Å². The normalized spacial score (nSPS) is 9.67. The number of likely N-dealkylation sites (N-methyl/N-ethyl adjacent to an activating group) is 1. The van der Waals surface area contributed by atoms with E-state index in [2.05, 4.69) is 12.2 Å². The summed E-state index contributed by atoms with van der Waals surface area (Å²) in [6.45, 7) is 7.27. The molecular weight excluding hydrogens is 226 g/mol. The quantitative estimate of drug-likeness (QED) is 0.620. The van der Waals surface area contributed by atoms with Crippen LogP contribution in [0, 0.1) is 0 Å². The number of rotatable bonds is 5. The fraction of sp³-hybridized carbons (Fsp3) is 0.500. The van der Waals surface area contributed by atoms with Crippen LogP contribution in [-0.2, 0) is 6.42 Å². The Kier molecular flexibility index (Phi) is 8.88. The molecule has 0 radical (unpaired) electrons. The molecule has 4 nitrogen and oxygen atoms in total. The molecule has 1 aromatic rings. The van der Waals surface area contributed by atoms with Crippen LogP contribution in [0.1, 0.15) is 36.7 Å². The molecule has 0 fully saturated rings. The Morgan fingerprint density at radius 3 is 2.61 bits per heavy atom. The monoisotopic (exact) mass is 251 g/mol. The Bertz CT molecular complexity index is 351. The van der Waals surface area contributed by atoms with Gasteiger partial charge in [0.05, 0.1) is 0 Å². The highest BCUT2D eigenvalue weighted by atomic mass is 16.1. The molecule has 0 saturated carbocycles. The molecule has 0 atom stereocenters. The molecular formula is C14H25N3O. The lowest BCUT2D eigenvalue weighted by Gasteiger charge is -2.10. The Morgan fingerprint density at radius 1 is 1.39 bits per heavy atom. The van der Waals surface area contributed by atoms with Gasteiger partial charge in [0.2, 0.25) is 0 Å². The summed E-state index contributed by atoms with van der Waals surface area (Å²) in [7, 11) is 1.77. The van der Waals surface area contributed by atoms with Crippen molar-refractivity contribution < 1.29 is 4.79 Å². The molecule has 1 rings (SSSR count). The van der Waals surface area contributed by atoms with Gasteiger partial charge >= 0.3 is 0 Å². The van der Waals surface area contributed by atoms with Crippen molar-refractivity contribution in [3.63, 3.8) is 0 Å². The van der Waals surface area contributed by atoms with Crippen LogP contribution in [0.15, 0.2) is 24.3 Å². The SMILES string of the molecule is CC.CCc1cccc(C(=O)NCCN(C)N)c1. The van der Waals surface area contributed by atoms with E-state index in [0.717, 1.165) is 6.42 Å². The van der Waals surface area contributed by atoms with Crippen molar-refractivity contribution in [2.75, 3.05) is 20.1 Å². The van der Waals surface area contributed by atoms with Gasteiger partial charge < -0.3 is 5.32 Å². The Labute approximate surface area is 110 Å². The number of carbonyl (C=O) groups is 1. The van der Waals surface area contributed by atoms with Crippen molar-refractivity contribution in [2.45, 2.75) is 27.2 Å². The average molecular weight is 251 g/mol. The highest BCUT2D eigenvalue weighted by molar-refractivity contribution is 5.94. The van der Waals surface area contributed by atoms with Gasteiger partial charge in [0.1, 0.15) is 0 Å². The van der Waals surface area contributed by atoms with E-state index >= 15 is 0 Å². The third-order valence-electron chi connectivity index (χ3n) is 2.35. The first-order chi connectivity index (χ1) is 8.63. The van der Waals surface area contributed by atoms with Crippen LogP contribution >= 0.6 is 0 Å². The molecule has 4 heteroatoms. The summed E-state index contributed by atoms with van der Waals surface area (Å²) in [5, 5.41) is 4.37. The van der Waals surface area contributed by atoms with Crippen LogP contribution < -0.4 is 11.2 Å². The summed E-state index contributed by atoms with van der Waals surface area (Å²) in [4.78, 5) is 11.7. The van der Waals surface area contributed by atoms with Gasteiger partial charge in [-0.1, -0.05) is 32.9 Å². The Morgan fingerprint density at radius 2 is 2.06 bits per heavy atom. The predicted octanol–water partition coefficient (Wildman–Crippen LogP) is 1.81. The zero-order valence-corrected chi connectivity index (χ0v) is 11.9. The maximum atomic E-state index is 11.7. The Balaban J connectivity index is 0.00000137. The summed E-state index contributed by atoms with van der Waals surface area (Å²) in [5.41, 5.74) is 1.88. The van der Waals surface area contributed by atoms with Crippen LogP contribution in [0.25, 0.3) is 0 Å². The van der Waals surface area contributed by atoms with Crippen molar-refractivity contribution in [2.24, 2.45) is 5.84 Å². The van der Waals surface area contributed by atoms with Gasteiger partial charge in [0, 0.05) is 25.7 Å². The molecule has 0 saturated heterocycles. The second-order valence-corrected chi connectivity index (χ2v) is 3.79. The first-order valence-corrected chi connectivity index (χ1v) is 6.46. The largest absolute Gasteiger partial charge is 0.351 e. The van der Waals surface area contributed by atoms with Crippen molar-refractivity contribution in [1.82, 2.24) is 10.3 Å². The van der Waals surface area contributed by atoms with Crippen LogP contribution in [0.3, 0.4) is 0 Å². The standard InChI is InChI=1S/C12H19N3O.C2H6/c1-3-10-5-4-6-11(9-10)12(16)14-7-8-15(2)13;1-2/h4-6,9H,3,7-8,13H2,1-2H3,(H,14,16);1-2H3. The number of nitrogens with one attached hydrogen (secondary N) is 1. The minimum atomic E-state index is -0.0443. The number of benzene rings is 1. The first kappa shape index (κ1) is 16.6. The molecule has 0 unspecified atom stereocenters. The highest BCUT2D eigenvalue weighted by Crippen LogP contribution is 2.05. The van der Waals surface area contributed by atoms with Crippen LogP contribution in [0.4, 0.5) is 0 Å². The number of nitrogens with zero attached hydrogens (tertiary/aromatic N) is 1. The zero-order chi connectivity index (χ0) is 14.0. The van der Waals surface area contributed by atoms with Crippen LogP contribution in [0.5, 0.6) is 0 Å². The van der Waals surface area contributed by atoms with E-state index in [-0.39, 0.29) is 5.91 Å². The molecule has 0 aliphatic carbocycles. The van der Waals surface area contributed by atoms with Gasteiger partial charge in [-0.15, -0.1) is 0 Å². The number of nitrogens with two attached hydrogens (primary N) is 1. The van der Waals surface area contributed by atoms with E-state index in [4.69, 9.17) is 5.84 Å². The molecule has 0 aromatic heterocycles. The number of hydrogen-bond donors (Lipinski definition) is 2. The van der Waals surface area contributed by atoms with E-state index in [1.165, 1.54) is 5.56 Å². The number of hydrogen-bond acceptors (Lipinski definition) is 3. The van der Waals surface area contributed by atoms with Gasteiger partial charge in [-0.05, 0) is 24.1 Å². The van der Waals surface area contributed by atoms with Crippen molar-refractivity contribution >= 4 is 5.91 Å². The lowest BCUT2D eigenvalue weighted by Crippen LogP contribution is -2.36. The van der Waals surface area contributed by atoms with E-state index in [1.807, 2.05) is 38.1 Å². The number of amides is 1. The molecule has 18 heavy (non-hydrogen) atoms. The van der Waals surface area contributed by atoms with Gasteiger partial charge in [-0.3, -0.25) is 10.6 Å². The lowest BCUT2D eigenvalue weighted by molar-refractivity contribution is 0.0950. The molecule has 1 amide bonds. The van der Waals surface area contributed by atoms with E-state index in [1.54, 1.807) is 12.1 Å². The molecule has 0 spiro atoms. The summed E-state index contributed by atoms with van der Waals surface area (Å²) in [6.07, 6.45) is 0.937. The second-order valence-electron chi connectivity index (χ2n) is 3.79. The third-order valence-corrected chi connectivity index (χ3v) is 2.35. The van der Waals surface area contributed by atoms with Gasteiger partial charge in [-0.2, -0.15) is 0 Å². The Hall–Kier alpha value is -1.39. The second kappa shape index (κ2) is 9.62. The minimum Gasteiger partial charge on any atom is -0.351 e. The van der Waals surface area contributed by atoms with E-state index in [9.17, 15) is 4.79 Å². The van der Waals surface area contributed by atoms with Crippen LogP contribution in [0.2, 0.25) is 0 Å². The number of aryl methyl sites for hydroxylation is 1. The number of carbonyl (C=O) groups excluding carboxylic acids is 1. The van der Waals surface area contributed by atoms with Crippen molar-refractivity contribution in [3.8, 4) is 0 Å². The van der Waals surface area contributed by atoms with Gasteiger partial charge in [0.15, 0.2) is 0 Å². The van der Waals surface area contributed by atoms with Gasteiger partial charge in [0.25, 0.3) is 5.91 Å². The third kappa shape index (κ3) is 6.37. The lowest BCUT2D eigenvalue weighted by atomic mass is 10.1. The predicted molar refractivity (Wildman–Crippen MR) is 76.3 cm³/mol. The fourth-order valence-electron chi connectivity index (χ4n) is 1.38. The average Bonchev–Trinajstić information content (AvgIpc) is 2.40. The van der Waals surface area contributed by atoms with Crippen molar-refractivity contribution in [3.05, 3.63) is 35.4 Å². The van der Waals surface area contributed by atoms with Crippen LogP contribution in [-0.4, -0.2) is 31.1 Å². The molecule has 0 aliphatic heterocycles. The van der Waals surface area contributed by atoms with E-state index in [0.29, 0.717) is 18.7 Å². The minimum absolute atomic E-state index is 0.0443. The summed E-state index contributed by atoms with van der Waals surface area (Å²) in [5.74, 6) is 5.40. The zero-order valence-electron chi connectivity index (χ0n) is 11.9. The molecule has 0 aliphatic rings. The first-order valence-electron chi connectivity index (χ1n) is 6.46. The maximum Gasteiger partial charge on any atom is 0.251 e. The molecule has 0 bridgehead atoms. The number of hydrazine groups is 1. The maximum absolute atomic E-state index is 11.7. The van der Waals surface area contributed by atoms with E-state index < -0.39 is 0 Å². The van der Waals surface area contributed by atoms with Crippen molar-refractivity contribution in [1.29, 1.82) is 0 Å². The van der Waals surface area contributed by atoms with Gasteiger partial charge in [-0.25, -0.2) is 5.01 Å². The summed E-state index contributed by atoms with van der Waals surface area (Å²) < 4.78 is 0.